The molecule has 0 fully saturated rings. The molecule has 0 aliphatic rings. The van der Waals surface area contributed by atoms with Crippen LogP contribution in [0.2, 0.25) is 0 Å². The van der Waals surface area contributed by atoms with Gasteiger partial charge in [-0.3, -0.25) is 19.6 Å². The summed E-state index contributed by atoms with van der Waals surface area (Å²) in [5.74, 6) is -0.213. The molecule has 2 heterocycles. The molecule has 1 amide bonds. The minimum Gasteiger partial charge on any atom is -0.332 e. The summed E-state index contributed by atoms with van der Waals surface area (Å²) in [6, 6.07) is 13.5. The minimum atomic E-state index is -0.580. The molecule has 0 aliphatic carbocycles. The highest BCUT2D eigenvalue weighted by atomic mass is 16.2. The van der Waals surface area contributed by atoms with E-state index in [2.05, 4.69) is 15.0 Å². The Balaban J connectivity index is 1.89. The van der Waals surface area contributed by atoms with Crippen LogP contribution in [0.25, 0.3) is 0 Å². The number of nitrogens with one attached hydrogen (secondary N) is 2. The van der Waals surface area contributed by atoms with Crippen molar-refractivity contribution in [1.29, 1.82) is 0 Å². The predicted octanol–water partition coefficient (Wildman–Crippen LogP) is 1.85. The van der Waals surface area contributed by atoms with E-state index in [9.17, 15) is 14.4 Å². The predicted molar refractivity (Wildman–Crippen MR) is 106 cm³/mol. The van der Waals surface area contributed by atoms with Crippen molar-refractivity contribution in [2.45, 2.75) is 33.4 Å². The average molecular weight is 378 g/mol. The number of carbonyl (C=O) groups excluding carboxylic acids is 1. The zero-order chi connectivity index (χ0) is 20.1. The lowest BCUT2D eigenvalue weighted by atomic mass is 10.1. The van der Waals surface area contributed by atoms with Crippen molar-refractivity contribution in [3.05, 3.63) is 97.6 Å². The van der Waals surface area contributed by atoms with Gasteiger partial charge < -0.3 is 9.88 Å². The average Bonchev–Trinajstić information content (AvgIpc) is 2.66. The Morgan fingerprint density at radius 1 is 1.00 bits per heavy atom. The highest BCUT2D eigenvalue weighted by molar-refractivity contribution is 5.79. The first-order valence-electron chi connectivity index (χ1n) is 8.98. The number of aromatic nitrogens is 3. The van der Waals surface area contributed by atoms with Crippen LogP contribution in [0.15, 0.2) is 58.3 Å². The van der Waals surface area contributed by atoms with Gasteiger partial charge in [0.15, 0.2) is 0 Å². The van der Waals surface area contributed by atoms with Crippen LogP contribution < -0.4 is 11.2 Å². The molecule has 2 aromatic heterocycles. The summed E-state index contributed by atoms with van der Waals surface area (Å²) >= 11 is 0. The van der Waals surface area contributed by atoms with Crippen LogP contribution in [0.1, 0.15) is 28.1 Å². The van der Waals surface area contributed by atoms with E-state index < -0.39 is 11.2 Å². The summed E-state index contributed by atoms with van der Waals surface area (Å²) in [5.41, 5.74) is 2.32. The van der Waals surface area contributed by atoms with Crippen LogP contribution in [0, 0.1) is 13.8 Å². The minimum absolute atomic E-state index is 0.101. The monoisotopic (exact) mass is 378 g/mol. The van der Waals surface area contributed by atoms with Crippen LogP contribution in [-0.4, -0.2) is 25.8 Å². The van der Waals surface area contributed by atoms with Crippen LogP contribution in [0.5, 0.6) is 0 Å². The molecule has 0 unspecified atom stereocenters. The number of hydrogen-bond acceptors (Lipinski definition) is 4. The lowest BCUT2D eigenvalue weighted by molar-refractivity contribution is -0.131. The summed E-state index contributed by atoms with van der Waals surface area (Å²) in [6.45, 7) is 4.30. The first-order chi connectivity index (χ1) is 13.4. The zero-order valence-electron chi connectivity index (χ0n) is 15.9. The maximum atomic E-state index is 13.1. The Bertz CT molecular complexity index is 1090. The standard InChI is InChI=1S/C21H22N4O3/c1-14-7-6-10-22-18(14)13-25(12-16-8-4-3-5-9-16)19(26)11-17-15(2)23-21(28)24-20(17)27/h3-10H,11-13H2,1-2H3,(H2,23,24,27,28). The first kappa shape index (κ1) is 19.3. The second-order valence-corrected chi connectivity index (χ2v) is 6.69. The number of amides is 1. The van der Waals surface area contributed by atoms with Crippen molar-refractivity contribution in [3.63, 3.8) is 0 Å². The third kappa shape index (κ3) is 4.62. The molecular weight excluding hydrogens is 356 g/mol. The lowest BCUT2D eigenvalue weighted by Crippen LogP contribution is -2.35. The Kier molecular flexibility index (Phi) is 5.84. The van der Waals surface area contributed by atoms with E-state index in [-0.39, 0.29) is 17.9 Å². The molecule has 3 rings (SSSR count). The second kappa shape index (κ2) is 8.47. The number of pyridine rings is 1. The highest BCUT2D eigenvalue weighted by Gasteiger charge is 2.19. The fourth-order valence-corrected chi connectivity index (χ4v) is 3.00. The van der Waals surface area contributed by atoms with Crippen molar-refractivity contribution in [2.75, 3.05) is 0 Å². The van der Waals surface area contributed by atoms with E-state index in [4.69, 9.17) is 0 Å². The largest absolute Gasteiger partial charge is 0.332 e. The van der Waals surface area contributed by atoms with Crippen molar-refractivity contribution in [2.24, 2.45) is 0 Å². The molecule has 7 heteroatoms. The molecule has 3 aromatic rings. The fraction of sp³-hybridized carbons (Fsp3) is 0.238. The lowest BCUT2D eigenvalue weighted by Gasteiger charge is -2.23. The van der Waals surface area contributed by atoms with Crippen LogP contribution in [0.4, 0.5) is 0 Å². The normalized spacial score (nSPS) is 10.6. The van der Waals surface area contributed by atoms with E-state index in [0.717, 1.165) is 16.8 Å². The summed E-state index contributed by atoms with van der Waals surface area (Å²) in [7, 11) is 0. The summed E-state index contributed by atoms with van der Waals surface area (Å²) < 4.78 is 0. The summed E-state index contributed by atoms with van der Waals surface area (Å²) in [6.07, 6.45) is 1.60. The Labute approximate surface area is 162 Å². The van der Waals surface area contributed by atoms with E-state index in [1.807, 2.05) is 49.4 Å². The highest BCUT2D eigenvalue weighted by Crippen LogP contribution is 2.13. The Hall–Kier alpha value is -3.48. The van der Waals surface area contributed by atoms with Gasteiger partial charge >= 0.3 is 5.69 Å². The summed E-state index contributed by atoms with van der Waals surface area (Å²) in [4.78, 5) is 47.4. The number of aromatic amines is 2. The van der Waals surface area contributed by atoms with E-state index in [0.29, 0.717) is 18.8 Å². The molecule has 1 aromatic carbocycles. The van der Waals surface area contributed by atoms with Crippen molar-refractivity contribution >= 4 is 5.91 Å². The van der Waals surface area contributed by atoms with E-state index in [1.165, 1.54) is 0 Å². The molecule has 0 aliphatic heterocycles. The van der Waals surface area contributed by atoms with Crippen LogP contribution in [-0.2, 0) is 24.3 Å². The summed E-state index contributed by atoms with van der Waals surface area (Å²) in [5, 5.41) is 0. The SMILES string of the molecule is Cc1cccnc1CN(Cc1ccccc1)C(=O)Cc1c(C)[nH]c(=O)[nH]c1=O. The van der Waals surface area contributed by atoms with Gasteiger partial charge in [-0.05, 0) is 31.0 Å². The van der Waals surface area contributed by atoms with Gasteiger partial charge in [0, 0.05) is 24.0 Å². The molecule has 0 saturated carbocycles. The van der Waals surface area contributed by atoms with Crippen molar-refractivity contribution in [3.8, 4) is 0 Å². The molecule has 144 valence electrons. The Morgan fingerprint density at radius 3 is 2.43 bits per heavy atom. The third-order valence-corrected chi connectivity index (χ3v) is 4.61. The first-order valence-corrected chi connectivity index (χ1v) is 8.98. The third-order valence-electron chi connectivity index (χ3n) is 4.61. The van der Waals surface area contributed by atoms with E-state index in [1.54, 1.807) is 18.0 Å². The van der Waals surface area contributed by atoms with Crippen LogP contribution >= 0.6 is 0 Å². The molecule has 0 radical (unpaired) electrons. The van der Waals surface area contributed by atoms with Gasteiger partial charge in [0.05, 0.1) is 18.7 Å². The number of H-pyrrole nitrogens is 2. The zero-order valence-corrected chi connectivity index (χ0v) is 15.9. The number of nitrogens with zero attached hydrogens (tertiary/aromatic N) is 2. The number of hydrogen-bond donors (Lipinski definition) is 2. The van der Waals surface area contributed by atoms with Gasteiger partial charge in [-0.15, -0.1) is 0 Å². The molecule has 28 heavy (non-hydrogen) atoms. The Morgan fingerprint density at radius 2 is 1.75 bits per heavy atom. The number of aryl methyl sites for hydroxylation is 2. The number of carbonyl (C=O) groups is 1. The van der Waals surface area contributed by atoms with Gasteiger partial charge in [-0.1, -0.05) is 36.4 Å². The molecule has 7 nitrogen and oxygen atoms in total. The van der Waals surface area contributed by atoms with Crippen molar-refractivity contribution < 1.29 is 4.79 Å². The number of rotatable bonds is 6. The quantitative estimate of drug-likeness (QED) is 0.684. The molecule has 0 atom stereocenters. The molecule has 2 N–H and O–H groups in total. The maximum Gasteiger partial charge on any atom is 0.325 e. The van der Waals surface area contributed by atoms with Gasteiger partial charge in [0.1, 0.15) is 0 Å². The maximum absolute atomic E-state index is 13.1. The fourth-order valence-electron chi connectivity index (χ4n) is 3.00. The van der Waals surface area contributed by atoms with Gasteiger partial charge in [0.2, 0.25) is 5.91 Å². The van der Waals surface area contributed by atoms with Gasteiger partial charge in [0.25, 0.3) is 5.56 Å². The smallest absolute Gasteiger partial charge is 0.325 e. The van der Waals surface area contributed by atoms with Crippen LogP contribution in [0.3, 0.4) is 0 Å². The molecule has 0 saturated heterocycles. The topological polar surface area (TPSA) is 98.9 Å². The second-order valence-electron chi connectivity index (χ2n) is 6.69. The molecule has 0 bridgehead atoms. The number of benzene rings is 1. The molecule has 0 spiro atoms. The van der Waals surface area contributed by atoms with Gasteiger partial charge in [-0.25, -0.2) is 4.79 Å². The van der Waals surface area contributed by atoms with Crippen molar-refractivity contribution in [1.82, 2.24) is 19.9 Å². The van der Waals surface area contributed by atoms with E-state index >= 15 is 0 Å². The molecular formula is C21H22N4O3. The van der Waals surface area contributed by atoms with Gasteiger partial charge in [-0.2, -0.15) is 0 Å².